The van der Waals surface area contributed by atoms with E-state index in [1.54, 1.807) is 48.5 Å². The molecular weight excluding hydrogens is 765 g/mol. The summed E-state index contributed by atoms with van der Waals surface area (Å²) in [5.41, 5.74) is 2.95. The Labute approximate surface area is 346 Å². The second kappa shape index (κ2) is 21.4. The zero-order valence-electron chi connectivity index (χ0n) is 32.4. The predicted molar refractivity (Wildman–Crippen MR) is 224 cm³/mol. The van der Waals surface area contributed by atoms with Gasteiger partial charge in [-0.2, -0.15) is 0 Å². The third-order valence-corrected chi connectivity index (χ3v) is 9.38. The van der Waals surface area contributed by atoms with Crippen molar-refractivity contribution in [3.8, 4) is 0 Å². The van der Waals surface area contributed by atoms with Crippen LogP contribution in [0, 0.1) is 0 Å². The van der Waals surface area contributed by atoms with Gasteiger partial charge in [-0.1, -0.05) is 121 Å². The molecule has 4 aromatic carbocycles. The zero-order chi connectivity index (χ0) is 42.1. The predicted octanol–water partition coefficient (Wildman–Crippen LogP) is 6.08. The van der Waals surface area contributed by atoms with Crippen molar-refractivity contribution in [3.05, 3.63) is 191 Å². The van der Waals surface area contributed by atoms with Gasteiger partial charge in [0.05, 0.1) is 23.2 Å². The molecule has 14 nitrogen and oxygen atoms in total. The van der Waals surface area contributed by atoms with Crippen molar-refractivity contribution in [3.63, 3.8) is 0 Å². The van der Waals surface area contributed by atoms with E-state index in [9.17, 15) is 29.4 Å². The quantitative estimate of drug-likeness (QED) is 0.0628. The van der Waals surface area contributed by atoms with Gasteiger partial charge in [-0.25, -0.2) is 19.6 Å². The summed E-state index contributed by atoms with van der Waals surface area (Å²) in [6.45, 7) is -0.0181. The summed E-state index contributed by atoms with van der Waals surface area (Å²) >= 11 is 0. The van der Waals surface area contributed by atoms with Gasteiger partial charge in [-0.3, -0.25) is 20.2 Å². The highest BCUT2D eigenvalue weighted by atomic mass is 16.6. The van der Waals surface area contributed by atoms with Gasteiger partial charge in [0.2, 0.25) is 0 Å². The first-order valence-corrected chi connectivity index (χ1v) is 19.1. The number of amides is 4. The van der Waals surface area contributed by atoms with E-state index in [0.717, 1.165) is 22.3 Å². The summed E-state index contributed by atoms with van der Waals surface area (Å²) in [7, 11) is 0. The summed E-state index contributed by atoms with van der Waals surface area (Å²) < 4.78 is 10.7. The van der Waals surface area contributed by atoms with E-state index in [-0.39, 0.29) is 48.8 Å². The molecule has 0 saturated heterocycles. The first kappa shape index (κ1) is 42.2. The first-order chi connectivity index (χ1) is 29.2. The van der Waals surface area contributed by atoms with Crippen molar-refractivity contribution < 1.29 is 38.9 Å². The van der Waals surface area contributed by atoms with Gasteiger partial charge in [-0.05, 0) is 59.4 Å². The van der Waals surface area contributed by atoms with E-state index in [0.29, 0.717) is 0 Å². The molecule has 0 aliphatic carbocycles. The van der Waals surface area contributed by atoms with Crippen molar-refractivity contribution in [2.24, 2.45) is 0 Å². The van der Waals surface area contributed by atoms with Gasteiger partial charge in [-0.15, -0.1) is 0 Å². The highest BCUT2D eigenvalue weighted by molar-refractivity contribution is 6.02. The lowest BCUT2D eigenvalue weighted by Crippen LogP contribution is -2.57. The fourth-order valence-corrected chi connectivity index (χ4v) is 6.31. The molecule has 6 aromatic rings. The lowest BCUT2D eigenvalue weighted by Gasteiger charge is -2.33. The van der Waals surface area contributed by atoms with Gasteiger partial charge < -0.3 is 30.3 Å². The number of pyridine rings is 2. The SMILES string of the molecule is O=C(Nc1ncccc1C(=O)N[C@@H](Cc1ccccc1)[C@H](O)[C@H](O)[C@H](Cc1ccccc1)NC(=O)c1cccnc1NC(=O)OCc1ccccc1)OCc1ccccc1. The second-order valence-corrected chi connectivity index (χ2v) is 13.7. The van der Waals surface area contributed by atoms with Crippen molar-refractivity contribution in [1.82, 2.24) is 20.6 Å². The minimum absolute atomic E-state index is 0.00907. The molecular formula is C46H44N6O8. The Bertz CT molecular complexity index is 2160. The average molecular weight is 809 g/mol. The number of nitrogens with one attached hydrogen (secondary N) is 4. The number of aromatic nitrogens is 2. The molecule has 2 heterocycles. The van der Waals surface area contributed by atoms with Crippen molar-refractivity contribution >= 4 is 35.6 Å². The molecule has 0 bridgehead atoms. The molecule has 4 atom stereocenters. The second-order valence-electron chi connectivity index (χ2n) is 13.7. The number of rotatable bonds is 17. The number of ether oxygens (including phenoxy) is 2. The Balaban J connectivity index is 1.20. The number of anilines is 2. The van der Waals surface area contributed by atoms with E-state index in [1.807, 2.05) is 72.8 Å². The number of hydrogen-bond donors (Lipinski definition) is 6. The first-order valence-electron chi connectivity index (χ1n) is 19.1. The van der Waals surface area contributed by atoms with Crippen LogP contribution in [-0.2, 0) is 35.5 Å². The fourth-order valence-electron chi connectivity index (χ4n) is 6.31. The fraction of sp³-hybridized carbons (Fsp3) is 0.174. The Morgan fingerprint density at radius 2 is 0.800 bits per heavy atom. The van der Waals surface area contributed by atoms with Crippen LogP contribution in [0.15, 0.2) is 158 Å². The number of aliphatic hydroxyl groups excluding tert-OH is 2. The number of carbonyl (C=O) groups excluding carboxylic acids is 4. The molecule has 14 heteroatoms. The molecule has 6 rings (SSSR count). The Morgan fingerprint density at radius 1 is 0.467 bits per heavy atom. The van der Waals surface area contributed by atoms with Crippen LogP contribution >= 0.6 is 0 Å². The molecule has 2 aromatic heterocycles. The molecule has 6 N–H and O–H groups in total. The largest absolute Gasteiger partial charge is 0.444 e. The van der Waals surface area contributed by atoms with Crippen molar-refractivity contribution in [2.75, 3.05) is 10.6 Å². The lowest BCUT2D eigenvalue weighted by atomic mass is 9.90. The molecule has 0 saturated carbocycles. The topological polar surface area (TPSA) is 201 Å². The normalized spacial score (nSPS) is 12.8. The maximum atomic E-state index is 14.0. The monoisotopic (exact) mass is 808 g/mol. The van der Waals surface area contributed by atoms with Crippen LogP contribution in [0.1, 0.15) is 43.0 Å². The molecule has 0 fully saturated rings. The van der Waals surface area contributed by atoms with Crippen LogP contribution in [0.2, 0.25) is 0 Å². The third kappa shape index (κ3) is 12.3. The summed E-state index contributed by atoms with van der Waals surface area (Å²) in [4.78, 5) is 61.8. The lowest BCUT2D eigenvalue weighted by molar-refractivity contribution is -0.0219. The maximum Gasteiger partial charge on any atom is 0.413 e. The molecule has 306 valence electrons. The van der Waals surface area contributed by atoms with Gasteiger partial charge in [0.25, 0.3) is 11.8 Å². The molecule has 0 aliphatic rings. The number of nitrogens with zero attached hydrogens (tertiary/aromatic N) is 2. The van der Waals surface area contributed by atoms with E-state index in [1.165, 1.54) is 36.7 Å². The molecule has 4 amide bonds. The highest BCUT2D eigenvalue weighted by Gasteiger charge is 2.35. The van der Waals surface area contributed by atoms with Gasteiger partial charge >= 0.3 is 12.2 Å². The minimum atomic E-state index is -1.66. The number of hydrogen-bond acceptors (Lipinski definition) is 10. The van der Waals surface area contributed by atoms with Crippen molar-refractivity contribution in [1.29, 1.82) is 0 Å². The Morgan fingerprint density at radius 3 is 1.15 bits per heavy atom. The van der Waals surface area contributed by atoms with Crippen LogP contribution in [-0.4, -0.2) is 68.5 Å². The van der Waals surface area contributed by atoms with Gasteiger partial charge in [0.1, 0.15) is 37.1 Å². The minimum Gasteiger partial charge on any atom is -0.444 e. The molecule has 60 heavy (non-hydrogen) atoms. The van der Waals surface area contributed by atoms with E-state index in [2.05, 4.69) is 31.2 Å². The van der Waals surface area contributed by atoms with E-state index in [4.69, 9.17) is 9.47 Å². The van der Waals surface area contributed by atoms with Gasteiger partial charge in [0, 0.05) is 12.4 Å². The van der Waals surface area contributed by atoms with Crippen LogP contribution in [0.3, 0.4) is 0 Å². The third-order valence-electron chi connectivity index (χ3n) is 9.38. The van der Waals surface area contributed by atoms with E-state index >= 15 is 0 Å². The number of benzene rings is 4. The van der Waals surface area contributed by atoms with Crippen molar-refractivity contribution in [2.45, 2.75) is 50.3 Å². The molecule has 0 aliphatic heterocycles. The number of aliphatic hydroxyl groups is 2. The van der Waals surface area contributed by atoms with E-state index < -0.39 is 48.3 Å². The maximum absolute atomic E-state index is 14.0. The Kier molecular flexibility index (Phi) is 15.0. The number of carbonyl (C=O) groups is 4. The smallest absolute Gasteiger partial charge is 0.413 e. The molecule has 0 radical (unpaired) electrons. The van der Waals surface area contributed by atoms with Crippen LogP contribution in [0.25, 0.3) is 0 Å². The zero-order valence-corrected chi connectivity index (χ0v) is 32.4. The van der Waals surface area contributed by atoms with Crippen LogP contribution < -0.4 is 21.3 Å². The average Bonchev–Trinajstić information content (AvgIpc) is 3.28. The standard InChI is InChI=1S/C46H44N6O8/c53-39(37(27-31-15-5-1-6-16-31)49-43(55)35-23-13-25-47-41(35)51-45(57)59-29-33-19-9-3-10-20-33)40(54)38(28-32-17-7-2-8-18-32)50-44(56)36-24-14-26-48-42(36)52-46(58)60-30-34-21-11-4-12-22-34/h1-26,37-40,53-54H,27-30H2,(H,49,55)(H,50,56)(H,47,51,57)(H,48,52,58)/t37-,38-,39-,40+/m0/s1. The Hall–Kier alpha value is -7.42. The summed E-state index contributed by atoms with van der Waals surface area (Å²) in [5.74, 6) is -1.58. The summed E-state index contributed by atoms with van der Waals surface area (Å²) in [6.07, 6.45) is -2.05. The van der Waals surface area contributed by atoms with Gasteiger partial charge in [0.15, 0.2) is 0 Å². The summed E-state index contributed by atoms with van der Waals surface area (Å²) in [6, 6.07) is 39.9. The molecule has 0 unspecified atom stereocenters. The molecule has 0 spiro atoms. The van der Waals surface area contributed by atoms with Crippen LogP contribution in [0.5, 0.6) is 0 Å². The summed E-state index contributed by atoms with van der Waals surface area (Å²) in [5, 5.41) is 34.6. The van der Waals surface area contributed by atoms with Crippen LogP contribution in [0.4, 0.5) is 21.2 Å². The highest BCUT2D eigenvalue weighted by Crippen LogP contribution is 2.20.